The fourth-order valence-electron chi connectivity index (χ4n) is 0.878. The largest absolute Gasteiger partial charge is 0.338 e. The van der Waals surface area contributed by atoms with E-state index in [9.17, 15) is 9.59 Å². The van der Waals surface area contributed by atoms with Crippen LogP contribution >= 0.6 is 0 Å². The average molecular weight is 211 g/mol. The summed E-state index contributed by atoms with van der Waals surface area (Å²) in [5, 5.41) is 7.57. The molecular formula is C10H17N3O2. The first-order valence-corrected chi connectivity index (χ1v) is 4.87. The maximum absolute atomic E-state index is 11.3. The van der Waals surface area contributed by atoms with E-state index in [-0.39, 0.29) is 5.91 Å². The highest BCUT2D eigenvalue weighted by Gasteiger charge is 2.13. The van der Waals surface area contributed by atoms with E-state index in [2.05, 4.69) is 21.9 Å². The second kappa shape index (κ2) is 7.83. The van der Waals surface area contributed by atoms with Crippen LogP contribution in [0.15, 0.2) is 0 Å². The van der Waals surface area contributed by atoms with E-state index >= 15 is 0 Å². The average Bonchev–Trinajstić information content (AvgIpc) is 2.18. The molecule has 3 N–H and O–H groups in total. The molecule has 0 spiro atoms. The topological polar surface area (TPSA) is 70.2 Å². The molecule has 0 rings (SSSR count). The highest BCUT2D eigenvalue weighted by Crippen LogP contribution is 1.83. The van der Waals surface area contributed by atoms with Crippen molar-refractivity contribution >= 4 is 11.9 Å². The number of terminal acetylenes is 1. The van der Waals surface area contributed by atoms with Crippen molar-refractivity contribution in [1.29, 1.82) is 0 Å². The predicted molar refractivity (Wildman–Crippen MR) is 58.1 cm³/mol. The zero-order valence-electron chi connectivity index (χ0n) is 9.09. The summed E-state index contributed by atoms with van der Waals surface area (Å²) in [6.45, 7) is 4.49. The molecule has 0 bridgehead atoms. The number of amides is 3. The molecule has 84 valence electrons. The van der Waals surface area contributed by atoms with Gasteiger partial charge < -0.3 is 10.6 Å². The lowest BCUT2D eigenvalue weighted by Gasteiger charge is -2.12. The molecule has 0 aliphatic carbocycles. The molecule has 0 aromatic rings. The van der Waals surface area contributed by atoms with Gasteiger partial charge in [-0.15, -0.1) is 12.3 Å². The number of hydrogen-bond acceptors (Lipinski definition) is 3. The fraction of sp³-hybridized carbons (Fsp3) is 0.600. The molecular weight excluding hydrogens is 194 g/mol. The Kier molecular flexibility index (Phi) is 7.02. The highest BCUT2D eigenvalue weighted by molar-refractivity contribution is 5.96. The van der Waals surface area contributed by atoms with Gasteiger partial charge in [-0.25, -0.2) is 4.79 Å². The smallest absolute Gasteiger partial charge is 0.321 e. The summed E-state index contributed by atoms with van der Waals surface area (Å²) >= 11 is 0. The van der Waals surface area contributed by atoms with Crippen molar-refractivity contribution in [2.24, 2.45) is 0 Å². The molecule has 0 aliphatic rings. The molecule has 0 radical (unpaired) electrons. The zero-order valence-corrected chi connectivity index (χ0v) is 9.09. The summed E-state index contributed by atoms with van der Waals surface area (Å²) in [7, 11) is 0. The molecule has 0 aromatic carbocycles. The molecule has 0 fully saturated rings. The zero-order chi connectivity index (χ0) is 11.7. The fourth-order valence-corrected chi connectivity index (χ4v) is 0.878. The van der Waals surface area contributed by atoms with Crippen molar-refractivity contribution in [3.8, 4) is 12.3 Å². The van der Waals surface area contributed by atoms with Crippen molar-refractivity contribution < 1.29 is 9.59 Å². The second-order valence-electron chi connectivity index (χ2n) is 2.98. The van der Waals surface area contributed by atoms with Gasteiger partial charge in [0.1, 0.15) is 0 Å². The molecule has 0 saturated heterocycles. The first-order chi connectivity index (χ1) is 7.11. The molecule has 3 amide bonds. The molecule has 5 nitrogen and oxygen atoms in total. The predicted octanol–water partition coefficient (Wildman–Crippen LogP) is -0.166. The molecule has 1 unspecified atom stereocenters. The molecule has 0 heterocycles. The number of hydrogen-bond donors (Lipinski definition) is 3. The van der Waals surface area contributed by atoms with Crippen LogP contribution in [-0.2, 0) is 4.79 Å². The lowest BCUT2D eigenvalue weighted by molar-refractivity contribution is -0.121. The minimum atomic E-state index is -0.479. The summed E-state index contributed by atoms with van der Waals surface area (Å²) in [4.78, 5) is 22.3. The van der Waals surface area contributed by atoms with Gasteiger partial charge in [0, 0.05) is 19.5 Å². The van der Waals surface area contributed by atoms with Crippen LogP contribution in [0.3, 0.4) is 0 Å². The number of rotatable bonds is 5. The van der Waals surface area contributed by atoms with Crippen molar-refractivity contribution in [1.82, 2.24) is 16.0 Å². The second-order valence-corrected chi connectivity index (χ2v) is 2.98. The van der Waals surface area contributed by atoms with Crippen molar-refractivity contribution in [3.05, 3.63) is 0 Å². The number of carbonyl (C=O) groups is 2. The Morgan fingerprint density at radius 1 is 1.47 bits per heavy atom. The van der Waals surface area contributed by atoms with Gasteiger partial charge in [-0.3, -0.25) is 10.1 Å². The number of nitrogens with one attached hydrogen (secondary N) is 3. The van der Waals surface area contributed by atoms with Crippen LogP contribution in [0.1, 0.15) is 20.3 Å². The molecule has 1 atom stereocenters. The van der Waals surface area contributed by atoms with Crippen molar-refractivity contribution in [3.63, 3.8) is 0 Å². The van der Waals surface area contributed by atoms with Crippen LogP contribution < -0.4 is 16.0 Å². The Balaban J connectivity index is 3.79. The summed E-state index contributed by atoms with van der Waals surface area (Å²) in [6, 6.07) is -0.908. The summed E-state index contributed by atoms with van der Waals surface area (Å²) < 4.78 is 0. The summed E-state index contributed by atoms with van der Waals surface area (Å²) in [6.07, 6.45) is 5.61. The summed E-state index contributed by atoms with van der Waals surface area (Å²) in [5.41, 5.74) is 0. The monoisotopic (exact) mass is 211 g/mol. The minimum absolute atomic E-state index is 0.363. The van der Waals surface area contributed by atoms with Crippen LogP contribution in [-0.4, -0.2) is 31.1 Å². The third-order valence-electron chi connectivity index (χ3n) is 1.69. The highest BCUT2D eigenvalue weighted by atomic mass is 16.2. The number of carbonyl (C=O) groups excluding carboxylic acids is 2. The lowest BCUT2D eigenvalue weighted by Crippen LogP contribution is -2.48. The van der Waals surface area contributed by atoms with Crippen LogP contribution in [0.4, 0.5) is 4.79 Å². The summed E-state index contributed by atoms with van der Waals surface area (Å²) in [5.74, 6) is 2.09. The molecule has 0 saturated carbocycles. The van der Waals surface area contributed by atoms with Gasteiger partial charge in [-0.1, -0.05) is 0 Å². The van der Waals surface area contributed by atoms with Crippen molar-refractivity contribution in [2.75, 3.05) is 13.1 Å². The van der Waals surface area contributed by atoms with Gasteiger partial charge in [-0.2, -0.15) is 0 Å². The van der Waals surface area contributed by atoms with E-state index in [0.717, 1.165) is 0 Å². The molecule has 5 heteroatoms. The maximum Gasteiger partial charge on any atom is 0.321 e. The van der Waals surface area contributed by atoms with Crippen LogP contribution in [0.25, 0.3) is 0 Å². The van der Waals surface area contributed by atoms with Crippen LogP contribution in [0.2, 0.25) is 0 Å². The normalized spacial score (nSPS) is 11.3. The lowest BCUT2D eigenvalue weighted by atomic mass is 10.3. The Morgan fingerprint density at radius 2 is 2.13 bits per heavy atom. The Labute approximate surface area is 90.0 Å². The Morgan fingerprint density at radius 3 is 2.67 bits per heavy atom. The van der Waals surface area contributed by atoms with E-state index in [4.69, 9.17) is 6.42 Å². The Hall–Kier alpha value is -1.54. The van der Waals surface area contributed by atoms with Gasteiger partial charge in [0.2, 0.25) is 5.91 Å². The van der Waals surface area contributed by atoms with Gasteiger partial charge in [-0.05, 0) is 13.8 Å². The van der Waals surface area contributed by atoms with Crippen LogP contribution in [0, 0.1) is 12.3 Å². The molecule has 0 aliphatic heterocycles. The number of urea groups is 1. The SMILES string of the molecule is C#CCCNC(C)C(=O)NC(=O)NCC. The quantitative estimate of drug-likeness (QED) is 0.437. The van der Waals surface area contributed by atoms with Gasteiger partial charge in [0.25, 0.3) is 0 Å². The standard InChI is InChI=1S/C10H17N3O2/c1-4-6-7-12-8(3)9(14)13-10(15)11-5-2/h1,8,12H,5-7H2,2-3H3,(H2,11,13,14,15). The maximum atomic E-state index is 11.3. The van der Waals surface area contributed by atoms with Gasteiger partial charge in [0.05, 0.1) is 6.04 Å². The first-order valence-electron chi connectivity index (χ1n) is 4.87. The molecule has 15 heavy (non-hydrogen) atoms. The first kappa shape index (κ1) is 13.5. The van der Waals surface area contributed by atoms with E-state index in [1.165, 1.54) is 0 Å². The van der Waals surface area contributed by atoms with E-state index in [1.54, 1.807) is 13.8 Å². The van der Waals surface area contributed by atoms with E-state index < -0.39 is 12.1 Å². The number of imide groups is 1. The third kappa shape index (κ3) is 6.52. The molecule has 0 aromatic heterocycles. The minimum Gasteiger partial charge on any atom is -0.338 e. The van der Waals surface area contributed by atoms with Gasteiger partial charge in [0.15, 0.2) is 0 Å². The van der Waals surface area contributed by atoms with Gasteiger partial charge >= 0.3 is 6.03 Å². The Bertz CT molecular complexity index is 258. The third-order valence-corrected chi connectivity index (χ3v) is 1.69. The van der Waals surface area contributed by atoms with Crippen molar-refractivity contribution in [2.45, 2.75) is 26.3 Å². The van der Waals surface area contributed by atoms with E-state index in [0.29, 0.717) is 19.5 Å². The van der Waals surface area contributed by atoms with E-state index in [1.807, 2.05) is 0 Å². The van der Waals surface area contributed by atoms with Crippen LogP contribution in [0.5, 0.6) is 0 Å².